The Bertz CT molecular complexity index is 602. The minimum atomic E-state index is -0.178. The Kier molecular flexibility index (Phi) is 4.55. The van der Waals surface area contributed by atoms with E-state index >= 15 is 0 Å². The van der Waals surface area contributed by atoms with Crippen molar-refractivity contribution in [1.29, 1.82) is 0 Å². The molecule has 0 bridgehead atoms. The van der Waals surface area contributed by atoms with E-state index in [1.165, 1.54) is 0 Å². The lowest BCUT2D eigenvalue weighted by Gasteiger charge is -2.08. The Labute approximate surface area is 119 Å². The van der Waals surface area contributed by atoms with Crippen molar-refractivity contribution in [2.75, 3.05) is 6.54 Å². The summed E-state index contributed by atoms with van der Waals surface area (Å²) in [6.45, 7) is 10.4. The van der Waals surface area contributed by atoms with Crippen LogP contribution in [0.25, 0.3) is 11.1 Å². The van der Waals surface area contributed by atoms with Crippen LogP contribution >= 0.6 is 0 Å². The van der Waals surface area contributed by atoms with Gasteiger partial charge in [0.1, 0.15) is 5.82 Å². The van der Waals surface area contributed by atoms with E-state index in [-0.39, 0.29) is 5.82 Å². The zero-order chi connectivity index (χ0) is 14.7. The quantitative estimate of drug-likeness (QED) is 0.906. The number of rotatable bonds is 5. The first-order valence-electron chi connectivity index (χ1n) is 7.12. The fourth-order valence-electron chi connectivity index (χ4n) is 2.54. The molecule has 0 aliphatic heterocycles. The highest BCUT2D eigenvalue weighted by Gasteiger charge is 2.16. The number of hydrogen-bond acceptors (Lipinski definition) is 2. The molecule has 0 radical (unpaired) electrons. The SMILES string of the molecule is CCNCc1ccc(-c2c(C)nn(CC)c2C)c(F)c1. The first-order valence-corrected chi connectivity index (χ1v) is 7.12. The number of halogens is 1. The molecule has 4 heteroatoms. The number of nitrogens with zero attached hydrogens (tertiary/aromatic N) is 2. The summed E-state index contributed by atoms with van der Waals surface area (Å²) in [5.74, 6) is -0.178. The molecule has 0 amide bonds. The van der Waals surface area contributed by atoms with Crippen molar-refractivity contribution < 1.29 is 4.39 Å². The summed E-state index contributed by atoms with van der Waals surface area (Å²) < 4.78 is 16.3. The second kappa shape index (κ2) is 6.18. The number of nitrogens with one attached hydrogen (secondary N) is 1. The molecule has 1 heterocycles. The van der Waals surface area contributed by atoms with Gasteiger partial charge in [0.15, 0.2) is 0 Å². The minimum Gasteiger partial charge on any atom is -0.313 e. The molecule has 0 unspecified atom stereocenters. The van der Waals surface area contributed by atoms with Gasteiger partial charge in [0.25, 0.3) is 0 Å². The Morgan fingerprint density at radius 3 is 2.55 bits per heavy atom. The highest BCUT2D eigenvalue weighted by molar-refractivity contribution is 5.69. The van der Waals surface area contributed by atoms with Crippen LogP contribution in [0, 0.1) is 19.7 Å². The summed E-state index contributed by atoms with van der Waals surface area (Å²) in [7, 11) is 0. The molecule has 0 fully saturated rings. The summed E-state index contributed by atoms with van der Waals surface area (Å²) in [4.78, 5) is 0. The topological polar surface area (TPSA) is 29.9 Å². The van der Waals surface area contributed by atoms with E-state index in [2.05, 4.69) is 10.4 Å². The second-order valence-electron chi connectivity index (χ2n) is 4.96. The number of benzene rings is 1. The van der Waals surface area contributed by atoms with Gasteiger partial charge in [0.05, 0.1) is 5.69 Å². The van der Waals surface area contributed by atoms with Crippen molar-refractivity contribution in [3.63, 3.8) is 0 Å². The van der Waals surface area contributed by atoms with Crippen LogP contribution in [0.4, 0.5) is 4.39 Å². The molecule has 2 aromatic rings. The average molecular weight is 275 g/mol. The zero-order valence-electron chi connectivity index (χ0n) is 12.6. The third-order valence-electron chi connectivity index (χ3n) is 3.56. The predicted molar refractivity (Wildman–Crippen MR) is 80.1 cm³/mol. The number of aryl methyl sites for hydroxylation is 2. The molecular formula is C16H22FN3. The van der Waals surface area contributed by atoms with Crippen LogP contribution in [0.3, 0.4) is 0 Å². The van der Waals surface area contributed by atoms with E-state index in [1.54, 1.807) is 6.07 Å². The van der Waals surface area contributed by atoms with Gasteiger partial charge in [-0.15, -0.1) is 0 Å². The van der Waals surface area contributed by atoms with Gasteiger partial charge < -0.3 is 5.32 Å². The highest BCUT2D eigenvalue weighted by Crippen LogP contribution is 2.29. The maximum absolute atomic E-state index is 14.4. The van der Waals surface area contributed by atoms with Crippen LogP contribution in [0.5, 0.6) is 0 Å². The number of aromatic nitrogens is 2. The van der Waals surface area contributed by atoms with Crippen molar-refractivity contribution in [2.45, 2.75) is 40.8 Å². The fraction of sp³-hybridized carbons (Fsp3) is 0.438. The van der Waals surface area contributed by atoms with Crippen LogP contribution in [-0.4, -0.2) is 16.3 Å². The third kappa shape index (κ3) is 2.75. The molecule has 1 N–H and O–H groups in total. The standard InChI is InChI=1S/C16H22FN3/c1-5-18-10-13-7-8-14(15(17)9-13)16-11(3)19-20(6-2)12(16)4/h7-9,18H,5-6,10H2,1-4H3. The van der Waals surface area contributed by atoms with Gasteiger partial charge >= 0.3 is 0 Å². The van der Waals surface area contributed by atoms with Crippen molar-refractivity contribution in [3.05, 3.63) is 41.0 Å². The molecule has 0 aliphatic rings. The molecule has 3 nitrogen and oxygen atoms in total. The average Bonchev–Trinajstić information content (AvgIpc) is 2.72. The Balaban J connectivity index is 2.41. The van der Waals surface area contributed by atoms with Crippen molar-refractivity contribution in [1.82, 2.24) is 15.1 Å². The molecule has 2 rings (SSSR count). The summed E-state index contributed by atoms with van der Waals surface area (Å²) in [6, 6.07) is 5.45. The van der Waals surface area contributed by atoms with E-state index < -0.39 is 0 Å². The summed E-state index contributed by atoms with van der Waals surface area (Å²) in [5.41, 5.74) is 4.41. The van der Waals surface area contributed by atoms with Crippen LogP contribution in [-0.2, 0) is 13.1 Å². The molecule has 20 heavy (non-hydrogen) atoms. The molecule has 0 aliphatic carbocycles. The molecule has 0 spiro atoms. The smallest absolute Gasteiger partial charge is 0.131 e. The maximum atomic E-state index is 14.4. The van der Waals surface area contributed by atoms with E-state index in [1.807, 2.05) is 44.5 Å². The molecule has 108 valence electrons. The van der Waals surface area contributed by atoms with Crippen LogP contribution < -0.4 is 5.32 Å². The lowest BCUT2D eigenvalue weighted by molar-refractivity contribution is 0.624. The normalized spacial score (nSPS) is 11.1. The van der Waals surface area contributed by atoms with Gasteiger partial charge in [-0.3, -0.25) is 4.68 Å². The Morgan fingerprint density at radius 2 is 2.00 bits per heavy atom. The Morgan fingerprint density at radius 1 is 1.25 bits per heavy atom. The lowest BCUT2D eigenvalue weighted by atomic mass is 10.0. The number of hydrogen-bond donors (Lipinski definition) is 1. The van der Waals surface area contributed by atoms with E-state index in [4.69, 9.17) is 0 Å². The largest absolute Gasteiger partial charge is 0.313 e. The molecule has 0 atom stereocenters. The minimum absolute atomic E-state index is 0.178. The van der Waals surface area contributed by atoms with Crippen LogP contribution in [0.2, 0.25) is 0 Å². The third-order valence-corrected chi connectivity index (χ3v) is 3.56. The molecular weight excluding hydrogens is 253 g/mol. The summed E-state index contributed by atoms with van der Waals surface area (Å²) in [5, 5.41) is 7.66. The van der Waals surface area contributed by atoms with Crippen molar-refractivity contribution in [3.8, 4) is 11.1 Å². The lowest BCUT2D eigenvalue weighted by Crippen LogP contribution is -2.11. The first-order chi connectivity index (χ1) is 9.58. The van der Waals surface area contributed by atoms with Crippen molar-refractivity contribution in [2.24, 2.45) is 0 Å². The predicted octanol–water partition coefficient (Wildman–Crippen LogP) is 3.44. The second-order valence-corrected chi connectivity index (χ2v) is 4.96. The van der Waals surface area contributed by atoms with Gasteiger partial charge in [-0.2, -0.15) is 5.10 Å². The van der Waals surface area contributed by atoms with Crippen LogP contribution in [0.15, 0.2) is 18.2 Å². The fourth-order valence-corrected chi connectivity index (χ4v) is 2.54. The van der Waals surface area contributed by atoms with Gasteiger partial charge in [-0.05, 0) is 38.9 Å². The van der Waals surface area contributed by atoms with Gasteiger partial charge in [-0.25, -0.2) is 4.39 Å². The zero-order valence-corrected chi connectivity index (χ0v) is 12.6. The first kappa shape index (κ1) is 14.7. The van der Waals surface area contributed by atoms with E-state index in [0.717, 1.165) is 35.6 Å². The van der Waals surface area contributed by atoms with Gasteiger partial charge in [0.2, 0.25) is 0 Å². The molecule has 1 aromatic carbocycles. The summed E-state index contributed by atoms with van der Waals surface area (Å²) >= 11 is 0. The van der Waals surface area contributed by atoms with Gasteiger partial charge in [-0.1, -0.05) is 19.1 Å². The van der Waals surface area contributed by atoms with Crippen LogP contribution in [0.1, 0.15) is 30.8 Å². The summed E-state index contributed by atoms with van der Waals surface area (Å²) in [6.07, 6.45) is 0. The van der Waals surface area contributed by atoms with E-state index in [0.29, 0.717) is 12.1 Å². The Hall–Kier alpha value is -1.68. The van der Waals surface area contributed by atoms with Gasteiger partial charge in [0, 0.05) is 29.9 Å². The highest BCUT2D eigenvalue weighted by atomic mass is 19.1. The van der Waals surface area contributed by atoms with Crippen molar-refractivity contribution >= 4 is 0 Å². The molecule has 0 saturated heterocycles. The van der Waals surface area contributed by atoms with E-state index in [9.17, 15) is 4.39 Å². The molecule has 0 saturated carbocycles. The molecule has 1 aromatic heterocycles. The maximum Gasteiger partial charge on any atom is 0.131 e. The monoisotopic (exact) mass is 275 g/mol.